The summed E-state index contributed by atoms with van der Waals surface area (Å²) in [5.74, 6) is 0.258. The van der Waals surface area contributed by atoms with E-state index in [2.05, 4.69) is 0 Å². The molecule has 150 valence electrons. The number of benzene rings is 2. The Morgan fingerprint density at radius 2 is 2.07 bits per heavy atom. The lowest BCUT2D eigenvalue weighted by atomic mass is 10.0. The predicted octanol–water partition coefficient (Wildman–Crippen LogP) is 3.69. The maximum atomic E-state index is 13.1. The molecule has 1 aliphatic rings. The molecule has 1 aliphatic heterocycles. The van der Waals surface area contributed by atoms with Crippen molar-refractivity contribution in [3.8, 4) is 5.75 Å². The number of rotatable bonds is 6. The minimum Gasteiger partial charge on any atom is -0.491 e. The van der Waals surface area contributed by atoms with Crippen molar-refractivity contribution in [2.24, 2.45) is 0 Å². The molecule has 0 aromatic heterocycles. The first-order valence-corrected chi connectivity index (χ1v) is 9.63. The third kappa shape index (κ3) is 5.36. The highest BCUT2D eigenvalue weighted by atomic mass is 35.5. The van der Waals surface area contributed by atoms with Crippen LogP contribution in [0.4, 0.5) is 10.1 Å². The van der Waals surface area contributed by atoms with Gasteiger partial charge in [-0.1, -0.05) is 23.7 Å². The molecule has 0 aliphatic carbocycles. The van der Waals surface area contributed by atoms with Gasteiger partial charge in [-0.3, -0.25) is 4.79 Å². The minimum atomic E-state index is -0.264. The van der Waals surface area contributed by atoms with E-state index in [-0.39, 0.29) is 36.9 Å². The number of nitrogens with two attached hydrogens (primary N) is 1. The average molecular weight is 407 g/mol. The number of anilines is 1. The van der Waals surface area contributed by atoms with Crippen molar-refractivity contribution < 1.29 is 18.7 Å². The van der Waals surface area contributed by atoms with Crippen LogP contribution >= 0.6 is 11.6 Å². The monoisotopic (exact) mass is 406 g/mol. The number of ether oxygens (including phenoxy) is 2. The smallest absolute Gasteiger partial charge is 0.226 e. The lowest BCUT2D eigenvalue weighted by molar-refractivity contribution is -0.144. The van der Waals surface area contributed by atoms with E-state index < -0.39 is 0 Å². The second kappa shape index (κ2) is 9.26. The molecule has 1 saturated heterocycles. The van der Waals surface area contributed by atoms with Gasteiger partial charge in [0.2, 0.25) is 5.91 Å². The Morgan fingerprint density at radius 3 is 2.79 bits per heavy atom. The molecule has 0 spiro atoms. The molecule has 0 radical (unpaired) electrons. The zero-order valence-electron chi connectivity index (χ0n) is 15.7. The summed E-state index contributed by atoms with van der Waals surface area (Å²) in [5, 5.41) is 0.537. The molecule has 2 aromatic rings. The molecule has 7 heteroatoms. The van der Waals surface area contributed by atoms with Crippen LogP contribution in [-0.4, -0.2) is 42.7 Å². The maximum Gasteiger partial charge on any atom is 0.226 e. The van der Waals surface area contributed by atoms with Gasteiger partial charge >= 0.3 is 0 Å². The molecule has 0 saturated carbocycles. The summed E-state index contributed by atoms with van der Waals surface area (Å²) in [4.78, 5) is 14.5. The van der Waals surface area contributed by atoms with Gasteiger partial charge in [-0.25, -0.2) is 4.39 Å². The molecule has 5 nitrogen and oxygen atoms in total. The van der Waals surface area contributed by atoms with E-state index in [1.165, 1.54) is 12.1 Å². The van der Waals surface area contributed by atoms with Gasteiger partial charge in [-0.15, -0.1) is 0 Å². The van der Waals surface area contributed by atoms with Gasteiger partial charge in [0, 0.05) is 18.0 Å². The third-order valence-electron chi connectivity index (χ3n) is 4.75. The minimum absolute atomic E-state index is 0.00225. The van der Waals surface area contributed by atoms with Crippen LogP contribution < -0.4 is 10.5 Å². The molecule has 0 unspecified atom stereocenters. The number of carbonyl (C=O) groups excluding carboxylic acids is 1. The zero-order chi connectivity index (χ0) is 20.1. The van der Waals surface area contributed by atoms with E-state index in [1.54, 1.807) is 30.3 Å². The highest BCUT2D eigenvalue weighted by Gasteiger charge is 2.29. The Morgan fingerprint density at radius 1 is 1.32 bits per heavy atom. The number of morpholine rings is 1. The topological polar surface area (TPSA) is 64.8 Å². The predicted molar refractivity (Wildman–Crippen MR) is 107 cm³/mol. The number of nitrogens with zero attached hydrogens (tertiary/aromatic N) is 1. The molecule has 0 bridgehead atoms. The molecule has 28 heavy (non-hydrogen) atoms. The summed E-state index contributed by atoms with van der Waals surface area (Å²) in [7, 11) is 0. The summed E-state index contributed by atoms with van der Waals surface area (Å²) in [6, 6.07) is 11.4. The summed E-state index contributed by atoms with van der Waals surface area (Å²) in [5.41, 5.74) is 7.28. The van der Waals surface area contributed by atoms with Gasteiger partial charge < -0.3 is 20.1 Å². The average Bonchev–Trinajstić information content (AvgIpc) is 2.66. The Bertz CT molecular complexity index is 816. The van der Waals surface area contributed by atoms with Crippen LogP contribution in [0.25, 0.3) is 0 Å². The van der Waals surface area contributed by atoms with Crippen molar-refractivity contribution in [3.63, 3.8) is 0 Å². The van der Waals surface area contributed by atoms with Crippen molar-refractivity contribution in [2.75, 3.05) is 25.5 Å². The molecule has 1 fully saturated rings. The lowest BCUT2D eigenvalue weighted by Gasteiger charge is -2.38. The SMILES string of the molecule is C[C@H]1CO[C@@H](Cc2ccc(F)cc2)CN1C(=O)CCOc1ccc(Cl)cc1N. The Balaban J connectivity index is 1.52. The summed E-state index contributed by atoms with van der Waals surface area (Å²) < 4.78 is 24.5. The van der Waals surface area contributed by atoms with Crippen LogP contribution in [0, 0.1) is 5.82 Å². The molecular formula is C21H24ClFN2O3. The second-order valence-corrected chi connectivity index (χ2v) is 7.40. The Hall–Kier alpha value is -2.31. The molecule has 2 N–H and O–H groups in total. The Labute approximate surface area is 169 Å². The quantitative estimate of drug-likeness (QED) is 0.743. The van der Waals surface area contributed by atoms with Crippen LogP contribution in [0.1, 0.15) is 18.9 Å². The lowest BCUT2D eigenvalue weighted by Crippen LogP contribution is -2.51. The van der Waals surface area contributed by atoms with Gasteiger partial charge in [0.1, 0.15) is 11.6 Å². The fourth-order valence-electron chi connectivity index (χ4n) is 3.21. The first kappa shape index (κ1) is 20.4. The van der Waals surface area contributed by atoms with Crippen molar-refractivity contribution in [2.45, 2.75) is 31.9 Å². The first-order valence-electron chi connectivity index (χ1n) is 9.25. The largest absolute Gasteiger partial charge is 0.491 e. The highest BCUT2D eigenvalue weighted by molar-refractivity contribution is 6.30. The Kier molecular flexibility index (Phi) is 6.75. The molecule has 1 amide bonds. The normalized spacial score (nSPS) is 19.5. The molecular weight excluding hydrogens is 383 g/mol. The molecule has 3 rings (SSSR count). The summed E-state index contributed by atoms with van der Waals surface area (Å²) in [6.45, 7) is 3.17. The van der Waals surface area contributed by atoms with E-state index in [0.717, 1.165) is 5.56 Å². The van der Waals surface area contributed by atoms with Crippen molar-refractivity contribution in [1.82, 2.24) is 4.90 Å². The van der Waals surface area contributed by atoms with Crippen LogP contribution in [0.3, 0.4) is 0 Å². The van der Waals surface area contributed by atoms with Crippen LogP contribution in [-0.2, 0) is 16.0 Å². The summed E-state index contributed by atoms with van der Waals surface area (Å²) >= 11 is 5.87. The van der Waals surface area contributed by atoms with E-state index in [4.69, 9.17) is 26.8 Å². The number of hydrogen-bond donors (Lipinski definition) is 1. The number of halogens is 2. The van der Waals surface area contributed by atoms with E-state index in [0.29, 0.717) is 36.0 Å². The van der Waals surface area contributed by atoms with Crippen LogP contribution in [0.15, 0.2) is 42.5 Å². The standard InChI is InChI=1S/C21H24ClFN2O3/c1-14-13-28-18(10-15-2-5-17(23)6-3-15)12-25(14)21(26)8-9-27-20-7-4-16(22)11-19(20)24/h2-7,11,14,18H,8-10,12-13,24H2,1H3/t14-,18-/m0/s1. The van der Waals surface area contributed by atoms with Crippen LogP contribution in [0.2, 0.25) is 5.02 Å². The van der Waals surface area contributed by atoms with E-state index >= 15 is 0 Å². The van der Waals surface area contributed by atoms with Crippen LogP contribution in [0.5, 0.6) is 5.75 Å². The summed E-state index contributed by atoms with van der Waals surface area (Å²) in [6.07, 6.45) is 0.767. The van der Waals surface area contributed by atoms with E-state index in [9.17, 15) is 9.18 Å². The fraction of sp³-hybridized carbons (Fsp3) is 0.381. The van der Waals surface area contributed by atoms with Gasteiger partial charge in [0.25, 0.3) is 0 Å². The number of hydrogen-bond acceptors (Lipinski definition) is 4. The van der Waals surface area contributed by atoms with Gasteiger partial charge in [0.15, 0.2) is 0 Å². The van der Waals surface area contributed by atoms with Gasteiger partial charge in [0.05, 0.1) is 37.5 Å². The third-order valence-corrected chi connectivity index (χ3v) is 4.98. The van der Waals surface area contributed by atoms with Crippen molar-refractivity contribution in [1.29, 1.82) is 0 Å². The molecule has 2 atom stereocenters. The highest BCUT2D eigenvalue weighted by Crippen LogP contribution is 2.25. The number of nitrogen functional groups attached to an aromatic ring is 1. The second-order valence-electron chi connectivity index (χ2n) is 6.96. The number of carbonyl (C=O) groups is 1. The van der Waals surface area contributed by atoms with Gasteiger partial charge in [-0.05, 0) is 42.8 Å². The number of amides is 1. The van der Waals surface area contributed by atoms with Crippen molar-refractivity contribution in [3.05, 3.63) is 58.9 Å². The van der Waals surface area contributed by atoms with Crippen molar-refractivity contribution >= 4 is 23.2 Å². The zero-order valence-corrected chi connectivity index (χ0v) is 16.5. The van der Waals surface area contributed by atoms with Gasteiger partial charge in [-0.2, -0.15) is 0 Å². The first-order chi connectivity index (χ1) is 13.4. The molecule has 1 heterocycles. The van der Waals surface area contributed by atoms with E-state index in [1.807, 2.05) is 11.8 Å². The molecule has 2 aromatic carbocycles. The fourth-order valence-corrected chi connectivity index (χ4v) is 3.40. The maximum absolute atomic E-state index is 13.1.